The van der Waals surface area contributed by atoms with Crippen LogP contribution in [-0.2, 0) is 0 Å². The van der Waals surface area contributed by atoms with E-state index in [1.54, 1.807) is 4.90 Å². The van der Waals surface area contributed by atoms with Gasteiger partial charge in [0.2, 0.25) is 0 Å². The van der Waals surface area contributed by atoms with Crippen LogP contribution in [0.5, 0.6) is 0 Å². The molecule has 4 atom stereocenters. The molecule has 2 aliphatic rings. The summed E-state index contributed by atoms with van der Waals surface area (Å²) in [6.45, 7) is 0.804. The maximum absolute atomic E-state index is 13.0. The predicted molar refractivity (Wildman–Crippen MR) is 154 cm³/mol. The number of carbonyl (C=O) groups is 3. The highest BCUT2D eigenvalue weighted by atomic mass is 16.4. The lowest BCUT2D eigenvalue weighted by Crippen LogP contribution is -2.56. The third kappa shape index (κ3) is 8.05. The van der Waals surface area contributed by atoms with Crippen LogP contribution in [0.4, 0.5) is 4.79 Å². The Morgan fingerprint density at radius 3 is 2.31 bits per heavy atom. The lowest BCUT2D eigenvalue weighted by atomic mass is 9.79. The first kappa shape index (κ1) is 16.0. The number of likely N-dealkylation sites (tertiary alicyclic amines) is 1. The Hall–Kier alpha value is -3.39. The van der Waals surface area contributed by atoms with Gasteiger partial charge in [0.05, 0.1) is 8.22 Å². The van der Waals surface area contributed by atoms with Crippen molar-refractivity contribution in [1.29, 1.82) is 0 Å². The summed E-state index contributed by atoms with van der Waals surface area (Å²) in [7, 11) is 2.53. The third-order valence-electron chi connectivity index (χ3n) is 6.57. The van der Waals surface area contributed by atoms with E-state index in [0.717, 1.165) is 0 Å². The molecule has 0 radical (unpaired) electrons. The monoisotopic (exact) mass is 550 g/mol. The molecule has 0 spiro atoms. The summed E-state index contributed by atoms with van der Waals surface area (Å²) in [4.78, 5) is 40.5. The highest BCUT2D eigenvalue weighted by molar-refractivity contribution is 5.94. The molecule has 2 aromatic carbocycles. The number of piperidine rings is 2. The van der Waals surface area contributed by atoms with Gasteiger partial charge < -0.3 is 25.1 Å². The second kappa shape index (κ2) is 13.6. The Labute approximate surface area is 252 Å². The molecule has 0 aliphatic carbocycles. The first-order valence-electron chi connectivity index (χ1n) is 19.4. The van der Waals surface area contributed by atoms with E-state index in [4.69, 9.17) is 19.2 Å². The third-order valence-corrected chi connectivity index (χ3v) is 6.57. The fraction of sp³-hybridized carbons (Fsp3) is 0.516. The standard InChI is InChI=1S/C18H26N2O3.C13H18N2O/c1-18(2,3)15-12-14(10-11-20(15)17(22)23)19(4)16(21)13-8-6-5-7-9-13;1-15(12-7-9-14-10-8-12)13(16)11-5-3-2-4-6-11/h5-9,14-15H,10-12H2,1-4H3,(H,22,23);2-6,12,14H,7-10H2,1H3/i;2D,3D,4D,5D,6D,7D2,8D2,9D,10D2,12D/hD. The number of benzene rings is 2. The van der Waals surface area contributed by atoms with Gasteiger partial charge in [0.15, 0.2) is 0 Å². The van der Waals surface area contributed by atoms with Crippen molar-refractivity contribution in [2.24, 2.45) is 5.41 Å². The van der Waals surface area contributed by atoms with Crippen LogP contribution < -0.4 is 5.31 Å². The summed E-state index contributed by atoms with van der Waals surface area (Å²) in [5.74, 6) is -1.54. The number of hydrogen-bond acceptors (Lipinski definition) is 4. The minimum Gasteiger partial charge on any atom is -0.465 e. The van der Waals surface area contributed by atoms with Crippen LogP contribution in [0.1, 0.15) is 84.9 Å². The summed E-state index contributed by atoms with van der Waals surface area (Å²) in [6, 6.07) is 1.23. The van der Waals surface area contributed by atoms with Gasteiger partial charge in [-0.2, -0.15) is 0 Å². The van der Waals surface area contributed by atoms with Crippen LogP contribution in [0.3, 0.4) is 0 Å². The molecule has 39 heavy (non-hydrogen) atoms. The molecule has 2 heterocycles. The average Bonchev–Trinajstić information content (AvgIpc) is 3.10. The molecule has 2 aromatic rings. The van der Waals surface area contributed by atoms with Crippen molar-refractivity contribution in [2.45, 2.75) is 64.5 Å². The summed E-state index contributed by atoms with van der Waals surface area (Å²) >= 11 is 0. The smallest absolute Gasteiger partial charge is 0.407 e. The van der Waals surface area contributed by atoms with Crippen molar-refractivity contribution >= 4 is 17.9 Å². The largest absolute Gasteiger partial charge is 0.465 e. The molecule has 2 N–H and O–H groups in total. The van der Waals surface area contributed by atoms with E-state index in [1.165, 1.54) is 4.90 Å². The predicted octanol–water partition coefficient (Wildman–Crippen LogP) is 4.83. The highest BCUT2D eigenvalue weighted by Crippen LogP contribution is 2.33. The summed E-state index contributed by atoms with van der Waals surface area (Å²) in [6.07, 6.45) is -6.44. The summed E-state index contributed by atoms with van der Waals surface area (Å²) in [5.41, 5.74) is -0.451. The van der Waals surface area contributed by atoms with Crippen molar-refractivity contribution in [2.75, 3.05) is 33.7 Å². The molecule has 8 heteroatoms. The molecule has 2 saturated heterocycles. The molecule has 2 fully saturated rings. The lowest BCUT2D eigenvalue weighted by Gasteiger charge is -2.46. The van der Waals surface area contributed by atoms with Crippen LogP contribution in [0.15, 0.2) is 60.5 Å². The Morgan fingerprint density at radius 1 is 1.05 bits per heavy atom. The fourth-order valence-electron chi connectivity index (χ4n) is 4.35. The molecule has 4 rings (SSSR count). The maximum Gasteiger partial charge on any atom is 0.407 e. The van der Waals surface area contributed by atoms with E-state index >= 15 is 0 Å². The second-order valence-electron chi connectivity index (χ2n) is 10.2. The van der Waals surface area contributed by atoms with Crippen molar-refractivity contribution in [3.05, 3.63) is 71.7 Å². The first-order chi connectivity index (χ1) is 24.0. The number of hydrogen-bond donors (Lipinski definition) is 2. The number of rotatable bonds is 4. The van der Waals surface area contributed by atoms with Crippen LogP contribution in [0.25, 0.3) is 0 Å². The Balaban J connectivity index is 0.000000295. The van der Waals surface area contributed by atoms with Crippen molar-refractivity contribution < 1.29 is 38.7 Å². The molecular formula is C31H44N4O4. The molecule has 212 valence electrons. The minimum absolute atomic E-state index is 0.00738. The number of carbonyl (C=O) groups excluding carboxylic acids is 2. The number of nitrogens with one attached hydrogen (secondary N) is 1. The summed E-state index contributed by atoms with van der Waals surface area (Å²) < 4.78 is 111. The Morgan fingerprint density at radius 2 is 1.69 bits per heavy atom. The number of carboxylic acid groups (broad SMARTS) is 1. The molecular weight excluding hydrogens is 492 g/mol. The van der Waals surface area contributed by atoms with Crippen LogP contribution in [0, 0.1) is 5.41 Å². The zero-order chi connectivity index (χ0) is 41.0. The molecule has 4 unspecified atom stereocenters. The van der Waals surface area contributed by atoms with Gasteiger partial charge in [-0.05, 0) is 68.2 Å². The van der Waals surface area contributed by atoms with Crippen LogP contribution >= 0.6 is 0 Å². The molecule has 8 nitrogen and oxygen atoms in total. The SMILES string of the molecule is CN(C(=O)c1ccccc1)C1CCN(C(=O)O)C(C(C)(C)C)C1.[2H]c1c([2H])c([2H])c(C(=O)N(C)C2([2H])C([2H])([2H])C([2H])N([2H])C([2H])([2H])C2([2H])[2H])c([2H])c1[2H]. The maximum atomic E-state index is 13.0. The molecule has 3 amide bonds. The Bertz CT molecular complexity index is 1700. The number of nitrogens with zero attached hydrogens (tertiary/aromatic N) is 3. The second-order valence-corrected chi connectivity index (χ2v) is 10.2. The van der Waals surface area contributed by atoms with Gasteiger partial charge in [-0.1, -0.05) is 57.1 Å². The van der Waals surface area contributed by atoms with Gasteiger partial charge in [-0.25, -0.2) is 4.79 Å². The zero-order valence-electron chi connectivity index (χ0n) is 36.7. The van der Waals surface area contributed by atoms with E-state index < -0.39 is 79.6 Å². The molecule has 0 saturated carbocycles. The van der Waals surface area contributed by atoms with Gasteiger partial charge in [-0.15, -0.1) is 0 Å². The average molecular weight is 551 g/mol. The van der Waals surface area contributed by atoms with Gasteiger partial charge in [0.25, 0.3) is 11.8 Å². The minimum atomic E-state index is -3.58. The van der Waals surface area contributed by atoms with E-state index in [0.29, 0.717) is 32.0 Å². The van der Waals surface area contributed by atoms with Crippen molar-refractivity contribution in [3.8, 4) is 0 Å². The lowest BCUT2D eigenvalue weighted by molar-refractivity contribution is 0.0245. The fourth-order valence-corrected chi connectivity index (χ4v) is 4.35. The van der Waals surface area contributed by atoms with E-state index in [-0.39, 0.29) is 33.6 Å². The van der Waals surface area contributed by atoms with Gasteiger partial charge in [-0.3, -0.25) is 9.59 Å². The van der Waals surface area contributed by atoms with E-state index in [1.807, 2.05) is 37.4 Å². The number of amides is 3. The van der Waals surface area contributed by atoms with Crippen molar-refractivity contribution in [3.63, 3.8) is 0 Å². The van der Waals surface area contributed by atoms with E-state index in [9.17, 15) is 19.5 Å². The first-order valence-corrected chi connectivity index (χ1v) is 12.4. The van der Waals surface area contributed by atoms with E-state index in [2.05, 4.69) is 20.8 Å². The van der Waals surface area contributed by atoms with Crippen molar-refractivity contribution in [1.82, 2.24) is 20.0 Å². The normalized spacial score (nSPS) is 34.6. The van der Waals surface area contributed by atoms with Gasteiger partial charge in [0, 0.05) is 59.5 Å². The van der Waals surface area contributed by atoms with Gasteiger partial charge in [0.1, 0.15) is 1.41 Å². The van der Waals surface area contributed by atoms with Crippen LogP contribution in [-0.4, -0.2) is 89.5 Å². The molecule has 2 aliphatic heterocycles. The molecule has 0 bridgehead atoms. The van der Waals surface area contributed by atoms with Gasteiger partial charge >= 0.3 is 6.09 Å². The molecule has 0 aromatic heterocycles. The summed E-state index contributed by atoms with van der Waals surface area (Å²) in [5, 5.41) is 9.15. The Kier molecular flexibility index (Phi) is 5.59. The highest BCUT2D eigenvalue weighted by Gasteiger charge is 2.40. The topological polar surface area (TPSA) is 93.2 Å². The van der Waals surface area contributed by atoms with Crippen LogP contribution in [0.2, 0.25) is 1.41 Å². The zero-order valence-corrected chi connectivity index (χ0v) is 22.7. The quantitative estimate of drug-likeness (QED) is 0.569.